The van der Waals surface area contributed by atoms with Crippen LogP contribution in [-0.2, 0) is 4.79 Å². The Morgan fingerprint density at radius 2 is 1.78 bits per heavy atom. The van der Waals surface area contributed by atoms with Crippen molar-refractivity contribution in [1.29, 1.82) is 0 Å². The van der Waals surface area contributed by atoms with Crippen molar-refractivity contribution >= 4 is 23.2 Å². The monoisotopic (exact) mass is 366 g/mol. The van der Waals surface area contributed by atoms with Gasteiger partial charge in [-0.3, -0.25) is 14.3 Å². The summed E-state index contributed by atoms with van der Waals surface area (Å²) in [6, 6.07) is 8.33. The summed E-state index contributed by atoms with van der Waals surface area (Å²) in [5, 5.41) is 9.77. The Hall–Kier alpha value is -3.35. The summed E-state index contributed by atoms with van der Waals surface area (Å²) in [5.74, 6) is 0.876. The summed E-state index contributed by atoms with van der Waals surface area (Å²) >= 11 is 0. The average molecular weight is 366 g/mol. The summed E-state index contributed by atoms with van der Waals surface area (Å²) in [7, 11) is 0. The minimum absolute atomic E-state index is 0.195. The number of carbonyl (C=O) groups is 2. The van der Waals surface area contributed by atoms with Crippen molar-refractivity contribution in [3.05, 3.63) is 65.4 Å². The van der Waals surface area contributed by atoms with Crippen LogP contribution in [0.4, 0.5) is 11.4 Å². The van der Waals surface area contributed by atoms with Crippen molar-refractivity contribution < 1.29 is 14.0 Å². The third kappa shape index (κ3) is 3.92. The molecule has 2 amide bonds. The Labute approximate surface area is 157 Å². The first kappa shape index (κ1) is 18.4. The van der Waals surface area contributed by atoms with E-state index in [1.165, 1.54) is 0 Å². The molecule has 0 saturated carbocycles. The van der Waals surface area contributed by atoms with Gasteiger partial charge in [0, 0.05) is 29.3 Å². The average Bonchev–Trinajstić information content (AvgIpc) is 3.23. The lowest BCUT2D eigenvalue weighted by molar-refractivity contribution is -0.119. The van der Waals surface area contributed by atoms with E-state index in [9.17, 15) is 9.59 Å². The number of furan rings is 1. The number of aryl methyl sites for hydroxylation is 2. The molecule has 1 atom stereocenters. The number of hydrogen-bond acceptors (Lipinski definition) is 4. The lowest BCUT2D eigenvalue weighted by Crippen LogP contribution is -2.24. The van der Waals surface area contributed by atoms with Crippen LogP contribution in [0, 0.1) is 20.8 Å². The molecule has 1 aromatic carbocycles. The Morgan fingerprint density at radius 1 is 1.07 bits per heavy atom. The van der Waals surface area contributed by atoms with E-state index < -0.39 is 6.04 Å². The summed E-state index contributed by atoms with van der Waals surface area (Å²) in [4.78, 5) is 25.0. The zero-order chi connectivity index (χ0) is 19.6. The molecule has 27 heavy (non-hydrogen) atoms. The third-order valence-electron chi connectivity index (χ3n) is 4.48. The molecule has 3 aromatic rings. The first-order chi connectivity index (χ1) is 12.9. The molecule has 0 bridgehead atoms. The van der Waals surface area contributed by atoms with Gasteiger partial charge >= 0.3 is 0 Å². The standard InChI is InChI=1S/C20H22N4O3/c1-12-14(3)27-15(4)18(12)20(26)23-17-8-5-7-16(11-17)22-19(25)13(2)24-10-6-9-21-24/h5-11,13H,1-4H3,(H,22,25)(H,23,26). The van der Waals surface area contributed by atoms with E-state index >= 15 is 0 Å². The zero-order valence-electron chi connectivity index (χ0n) is 15.7. The van der Waals surface area contributed by atoms with Crippen LogP contribution in [0.15, 0.2) is 47.1 Å². The van der Waals surface area contributed by atoms with Crippen LogP contribution >= 0.6 is 0 Å². The van der Waals surface area contributed by atoms with Crippen molar-refractivity contribution in [3.8, 4) is 0 Å². The topological polar surface area (TPSA) is 89.2 Å². The second-order valence-corrected chi connectivity index (χ2v) is 6.40. The first-order valence-corrected chi connectivity index (χ1v) is 8.65. The van der Waals surface area contributed by atoms with E-state index in [4.69, 9.17) is 4.42 Å². The molecule has 2 heterocycles. The molecule has 0 aliphatic heterocycles. The van der Waals surface area contributed by atoms with Crippen molar-refractivity contribution in [2.75, 3.05) is 10.6 Å². The van der Waals surface area contributed by atoms with Crippen LogP contribution in [0.5, 0.6) is 0 Å². The molecule has 2 aromatic heterocycles. The number of aromatic nitrogens is 2. The number of anilines is 2. The Balaban J connectivity index is 1.72. The van der Waals surface area contributed by atoms with Gasteiger partial charge in [-0.1, -0.05) is 6.07 Å². The van der Waals surface area contributed by atoms with E-state index in [2.05, 4.69) is 15.7 Å². The Kier molecular flexibility index (Phi) is 5.12. The van der Waals surface area contributed by atoms with Crippen LogP contribution in [0.1, 0.15) is 40.4 Å². The van der Waals surface area contributed by atoms with Crippen molar-refractivity contribution in [2.24, 2.45) is 0 Å². The molecule has 3 rings (SSSR count). The van der Waals surface area contributed by atoms with Crippen LogP contribution in [0.2, 0.25) is 0 Å². The largest absolute Gasteiger partial charge is 0.466 e. The van der Waals surface area contributed by atoms with Crippen LogP contribution < -0.4 is 10.6 Å². The maximum atomic E-state index is 12.6. The number of nitrogens with zero attached hydrogens (tertiary/aromatic N) is 2. The number of benzene rings is 1. The van der Waals surface area contributed by atoms with Gasteiger partial charge in [-0.2, -0.15) is 5.10 Å². The number of carbonyl (C=O) groups excluding carboxylic acids is 2. The van der Waals surface area contributed by atoms with E-state index in [-0.39, 0.29) is 11.8 Å². The van der Waals surface area contributed by atoms with Gasteiger partial charge in [-0.05, 0) is 52.0 Å². The lowest BCUT2D eigenvalue weighted by atomic mass is 10.1. The van der Waals surface area contributed by atoms with Gasteiger partial charge in [0.1, 0.15) is 17.6 Å². The highest BCUT2D eigenvalue weighted by molar-refractivity contribution is 6.06. The predicted octanol–water partition coefficient (Wildman–Crippen LogP) is 3.85. The molecule has 0 fully saturated rings. The number of nitrogens with one attached hydrogen (secondary N) is 2. The fourth-order valence-electron chi connectivity index (χ4n) is 2.87. The lowest BCUT2D eigenvalue weighted by Gasteiger charge is -2.13. The van der Waals surface area contributed by atoms with E-state index in [1.807, 2.05) is 13.8 Å². The summed E-state index contributed by atoms with van der Waals surface area (Å²) in [5.41, 5.74) is 2.53. The van der Waals surface area contributed by atoms with E-state index in [0.717, 1.165) is 11.3 Å². The Morgan fingerprint density at radius 3 is 2.37 bits per heavy atom. The summed E-state index contributed by atoms with van der Waals surface area (Å²) in [6.07, 6.45) is 3.36. The number of hydrogen-bond donors (Lipinski definition) is 2. The van der Waals surface area contributed by atoms with Crippen LogP contribution in [0.25, 0.3) is 0 Å². The quantitative estimate of drug-likeness (QED) is 0.718. The molecule has 140 valence electrons. The highest BCUT2D eigenvalue weighted by Gasteiger charge is 2.19. The minimum Gasteiger partial charge on any atom is -0.466 e. The van der Waals surface area contributed by atoms with Crippen molar-refractivity contribution in [2.45, 2.75) is 33.7 Å². The number of amides is 2. The van der Waals surface area contributed by atoms with E-state index in [1.54, 1.807) is 61.3 Å². The molecule has 0 spiro atoms. The SMILES string of the molecule is Cc1oc(C)c(C(=O)Nc2cccc(NC(=O)C(C)n3cccn3)c2)c1C. The van der Waals surface area contributed by atoms with E-state index in [0.29, 0.717) is 22.7 Å². The highest BCUT2D eigenvalue weighted by atomic mass is 16.3. The van der Waals surface area contributed by atoms with Gasteiger partial charge in [-0.25, -0.2) is 0 Å². The van der Waals surface area contributed by atoms with Gasteiger partial charge in [-0.15, -0.1) is 0 Å². The van der Waals surface area contributed by atoms with Gasteiger partial charge in [0.2, 0.25) is 5.91 Å². The second kappa shape index (κ2) is 7.49. The molecule has 2 N–H and O–H groups in total. The van der Waals surface area contributed by atoms with Gasteiger partial charge in [0.25, 0.3) is 5.91 Å². The first-order valence-electron chi connectivity index (χ1n) is 8.65. The molecule has 0 radical (unpaired) electrons. The zero-order valence-corrected chi connectivity index (χ0v) is 15.7. The van der Waals surface area contributed by atoms with Crippen molar-refractivity contribution in [1.82, 2.24) is 9.78 Å². The number of rotatable bonds is 5. The molecule has 0 aliphatic rings. The Bertz CT molecular complexity index is 973. The molecule has 0 aliphatic carbocycles. The molecular weight excluding hydrogens is 344 g/mol. The fourth-order valence-corrected chi connectivity index (χ4v) is 2.87. The highest BCUT2D eigenvalue weighted by Crippen LogP contribution is 2.23. The molecule has 0 saturated heterocycles. The molecular formula is C20H22N4O3. The molecule has 7 nitrogen and oxygen atoms in total. The minimum atomic E-state index is -0.447. The second-order valence-electron chi connectivity index (χ2n) is 6.40. The summed E-state index contributed by atoms with van der Waals surface area (Å²) < 4.78 is 7.09. The predicted molar refractivity (Wildman–Crippen MR) is 103 cm³/mol. The molecule has 1 unspecified atom stereocenters. The molecule has 7 heteroatoms. The maximum Gasteiger partial charge on any atom is 0.259 e. The van der Waals surface area contributed by atoms with Gasteiger partial charge in [0.05, 0.1) is 5.56 Å². The van der Waals surface area contributed by atoms with Gasteiger partial charge in [0.15, 0.2) is 0 Å². The summed E-state index contributed by atoms with van der Waals surface area (Å²) in [6.45, 7) is 7.22. The normalized spacial score (nSPS) is 11.9. The van der Waals surface area contributed by atoms with Crippen LogP contribution in [-0.4, -0.2) is 21.6 Å². The van der Waals surface area contributed by atoms with Crippen molar-refractivity contribution in [3.63, 3.8) is 0 Å². The third-order valence-corrected chi connectivity index (χ3v) is 4.48. The maximum absolute atomic E-state index is 12.6. The smallest absolute Gasteiger partial charge is 0.259 e. The van der Waals surface area contributed by atoms with Gasteiger partial charge < -0.3 is 15.1 Å². The van der Waals surface area contributed by atoms with Crippen LogP contribution in [0.3, 0.4) is 0 Å². The fraction of sp³-hybridized carbons (Fsp3) is 0.250.